The summed E-state index contributed by atoms with van der Waals surface area (Å²) in [5.74, 6) is 1.49. The van der Waals surface area contributed by atoms with Crippen LogP contribution in [0.5, 0.6) is 5.75 Å². The fourth-order valence-electron chi connectivity index (χ4n) is 2.16. The third-order valence-electron chi connectivity index (χ3n) is 3.77. The van der Waals surface area contributed by atoms with Gasteiger partial charge in [0.2, 0.25) is 5.91 Å². The van der Waals surface area contributed by atoms with Crippen molar-refractivity contribution in [3.05, 3.63) is 52.2 Å². The lowest BCUT2D eigenvalue weighted by Gasteiger charge is -2.15. The number of rotatable bonds is 8. The van der Waals surface area contributed by atoms with E-state index in [0.717, 1.165) is 24.3 Å². The average Bonchev–Trinajstić information content (AvgIpc) is 3.17. The van der Waals surface area contributed by atoms with Gasteiger partial charge in [-0.25, -0.2) is 4.99 Å². The van der Waals surface area contributed by atoms with Gasteiger partial charge >= 0.3 is 0 Å². The largest absolute Gasteiger partial charge is 0.497 e. The third kappa shape index (κ3) is 6.76. The molecule has 0 saturated carbocycles. The Kier molecular flexibility index (Phi) is 7.95. The first kappa shape index (κ1) is 19.8. The van der Waals surface area contributed by atoms with Crippen LogP contribution >= 0.6 is 11.3 Å². The summed E-state index contributed by atoms with van der Waals surface area (Å²) in [6.07, 6.45) is 0.852. The molecule has 1 amide bonds. The molecule has 2 rings (SSSR count). The highest BCUT2D eigenvalue weighted by Crippen LogP contribution is 2.11. The molecule has 0 fully saturated rings. The number of hydrogen-bond donors (Lipinski definition) is 2. The van der Waals surface area contributed by atoms with Crippen LogP contribution in [0.1, 0.15) is 11.1 Å². The minimum atomic E-state index is 0.00480. The monoisotopic (exact) mass is 374 g/mol. The molecule has 6 nitrogen and oxygen atoms in total. The molecule has 0 aliphatic rings. The number of hydrogen-bond acceptors (Lipinski definition) is 4. The fourth-order valence-corrected chi connectivity index (χ4v) is 2.82. The van der Waals surface area contributed by atoms with E-state index in [-0.39, 0.29) is 12.5 Å². The number of benzene rings is 1. The summed E-state index contributed by atoms with van der Waals surface area (Å²) in [6.45, 7) is 1.51. The van der Waals surface area contributed by atoms with Gasteiger partial charge in [0.15, 0.2) is 5.96 Å². The number of methoxy groups -OCH3 is 1. The minimum absolute atomic E-state index is 0.00480. The zero-order valence-electron chi connectivity index (χ0n) is 15.5. The predicted molar refractivity (Wildman–Crippen MR) is 107 cm³/mol. The van der Waals surface area contributed by atoms with E-state index in [0.29, 0.717) is 12.5 Å². The maximum atomic E-state index is 11.8. The van der Waals surface area contributed by atoms with Crippen molar-refractivity contribution in [1.82, 2.24) is 15.5 Å². The molecule has 140 valence electrons. The molecular weight excluding hydrogens is 348 g/mol. The predicted octanol–water partition coefficient (Wildman–Crippen LogP) is 2.12. The molecule has 26 heavy (non-hydrogen) atoms. The van der Waals surface area contributed by atoms with Gasteiger partial charge in [-0.2, -0.15) is 11.3 Å². The van der Waals surface area contributed by atoms with Crippen molar-refractivity contribution in [2.24, 2.45) is 4.99 Å². The van der Waals surface area contributed by atoms with Crippen molar-refractivity contribution in [2.75, 3.05) is 34.3 Å². The van der Waals surface area contributed by atoms with Gasteiger partial charge in [-0.15, -0.1) is 0 Å². The van der Waals surface area contributed by atoms with Crippen molar-refractivity contribution in [1.29, 1.82) is 0 Å². The number of carbonyl (C=O) groups excluding carboxylic acids is 1. The van der Waals surface area contributed by atoms with E-state index in [1.54, 1.807) is 37.4 Å². The zero-order chi connectivity index (χ0) is 18.8. The van der Waals surface area contributed by atoms with E-state index >= 15 is 0 Å². The van der Waals surface area contributed by atoms with E-state index < -0.39 is 0 Å². The lowest BCUT2D eigenvalue weighted by atomic mass is 10.1. The van der Waals surface area contributed by atoms with Crippen molar-refractivity contribution in [3.8, 4) is 5.75 Å². The van der Waals surface area contributed by atoms with Crippen molar-refractivity contribution in [3.63, 3.8) is 0 Å². The first-order valence-electron chi connectivity index (χ1n) is 8.45. The van der Waals surface area contributed by atoms with Crippen LogP contribution in [-0.2, 0) is 17.8 Å². The number of nitrogens with zero attached hydrogens (tertiary/aromatic N) is 2. The molecule has 0 unspecified atom stereocenters. The Balaban J connectivity index is 1.89. The number of guanidine groups is 1. The highest BCUT2D eigenvalue weighted by atomic mass is 32.1. The topological polar surface area (TPSA) is 66.0 Å². The average molecular weight is 375 g/mol. The number of ether oxygens (including phenoxy) is 1. The van der Waals surface area contributed by atoms with Crippen LogP contribution in [-0.4, -0.2) is 51.1 Å². The van der Waals surface area contributed by atoms with Gasteiger partial charge in [-0.05, 0) is 46.5 Å². The Hall–Kier alpha value is -2.54. The quantitative estimate of drug-likeness (QED) is 0.549. The summed E-state index contributed by atoms with van der Waals surface area (Å²) in [5.41, 5.74) is 2.37. The van der Waals surface area contributed by atoms with Crippen LogP contribution in [0.25, 0.3) is 0 Å². The summed E-state index contributed by atoms with van der Waals surface area (Å²) >= 11 is 1.65. The van der Waals surface area contributed by atoms with Gasteiger partial charge in [0.05, 0.1) is 20.2 Å². The second-order valence-corrected chi connectivity index (χ2v) is 6.74. The summed E-state index contributed by atoms with van der Waals surface area (Å²) in [4.78, 5) is 17.9. The lowest BCUT2D eigenvalue weighted by molar-refractivity contribution is -0.127. The second kappa shape index (κ2) is 10.5. The second-order valence-electron chi connectivity index (χ2n) is 5.96. The highest BCUT2D eigenvalue weighted by molar-refractivity contribution is 7.07. The van der Waals surface area contributed by atoms with Crippen LogP contribution in [0.4, 0.5) is 0 Å². The van der Waals surface area contributed by atoms with E-state index in [9.17, 15) is 4.79 Å². The van der Waals surface area contributed by atoms with Crippen molar-refractivity contribution < 1.29 is 9.53 Å². The standard InChI is InChI=1S/C19H26N4O2S/c1-23(2)18(24)13-22-19(21-12-16-9-11-26-14-16)20-10-8-15-4-6-17(25-3)7-5-15/h4-7,9,11,14H,8,10,12-13H2,1-3H3,(H2,20,21,22). The Bertz CT molecular complexity index is 697. The van der Waals surface area contributed by atoms with Gasteiger partial charge < -0.3 is 20.3 Å². The van der Waals surface area contributed by atoms with Gasteiger partial charge in [0, 0.05) is 20.6 Å². The summed E-state index contributed by atoms with van der Waals surface area (Å²) in [5, 5.41) is 10.5. The molecule has 1 aromatic heterocycles. The van der Waals surface area contributed by atoms with Crippen LogP contribution in [0.2, 0.25) is 0 Å². The molecule has 7 heteroatoms. The number of likely N-dealkylation sites (N-methyl/N-ethyl adjacent to an activating group) is 1. The first-order chi connectivity index (χ1) is 12.6. The minimum Gasteiger partial charge on any atom is -0.497 e. The molecule has 2 N–H and O–H groups in total. The Morgan fingerprint density at radius 1 is 1.15 bits per heavy atom. The number of amides is 1. The van der Waals surface area contributed by atoms with Crippen molar-refractivity contribution in [2.45, 2.75) is 13.0 Å². The normalized spacial score (nSPS) is 11.1. The molecule has 1 aromatic carbocycles. The molecule has 0 aliphatic heterocycles. The Morgan fingerprint density at radius 3 is 2.54 bits per heavy atom. The van der Waals surface area contributed by atoms with Crippen LogP contribution in [0.15, 0.2) is 46.1 Å². The molecule has 0 spiro atoms. The van der Waals surface area contributed by atoms with Crippen molar-refractivity contribution >= 4 is 23.2 Å². The molecule has 2 aromatic rings. The number of aliphatic imine (C=N–C) groups is 1. The zero-order valence-corrected chi connectivity index (χ0v) is 16.3. The molecule has 0 radical (unpaired) electrons. The van der Waals surface area contributed by atoms with Gasteiger partial charge in [0.1, 0.15) is 5.75 Å². The summed E-state index contributed by atoms with van der Waals surface area (Å²) in [7, 11) is 5.14. The maximum Gasteiger partial charge on any atom is 0.241 e. The van der Waals surface area contributed by atoms with Gasteiger partial charge in [-0.3, -0.25) is 4.79 Å². The Morgan fingerprint density at radius 2 is 1.92 bits per heavy atom. The summed E-state index contributed by atoms with van der Waals surface area (Å²) < 4.78 is 5.17. The molecule has 0 bridgehead atoms. The molecule has 0 atom stereocenters. The number of thiophene rings is 1. The Labute approximate surface area is 158 Å². The van der Waals surface area contributed by atoms with Crippen LogP contribution in [0.3, 0.4) is 0 Å². The number of carbonyl (C=O) groups is 1. The molecule has 0 aliphatic carbocycles. The van der Waals surface area contributed by atoms with E-state index in [1.807, 2.05) is 35.7 Å². The van der Waals surface area contributed by atoms with E-state index in [4.69, 9.17) is 4.74 Å². The smallest absolute Gasteiger partial charge is 0.241 e. The molecular formula is C19H26N4O2S. The van der Waals surface area contributed by atoms with Gasteiger partial charge in [-0.1, -0.05) is 12.1 Å². The highest BCUT2D eigenvalue weighted by Gasteiger charge is 2.06. The first-order valence-corrected chi connectivity index (χ1v) is 9.39. The number of nitrogens with one attached hydrogen (secondary N) is 2. The molecule has 1 heterocycles. The maximum absolute atomic E-state index is 11.8. The molecule has 0 saturated heterocycles. The SMILES string of the molecule is COc1ccc(CCNC(=NCc2ccsc2)NCC(=O)N(C)C)cc1. The summed E-state index contributed by atoms with van der Waals surface area (Å²) in [6, 6.07) is 10.1. The lowest BCUT2D eigenvalue weighted by Crippen LogP contribution is -2.43. The third-order valence-corrected chi connectivity index (χ3v) is 4.50. The van der Waals surface area contributed by atoms with Crippen LogP contribution in [0, 0.1) is 0 Å². The van der Waals surface area contributed by atoms with Gasteiger partial charge in [0.25, 0.3) is 0 Å². The van der Waals surface area contributed by atoms with E-state index in [2.05, 4.69) is 21.0 Å². The van der Waals surface area contributed by atoms with E-state index in [1.165, 1.54) is 5.56 Å². The fraction of sp³-hybridized carbons (Fsp3) is 0.368. The van der Waals surface area contributed by atoms with Crippen LogP contribution < -0.4 is 15.4 Å².